The van der Waals surface area contributed by atoms with Gasteiger partial charge in [-0.3, -0.25) is 9.69 Å². The van der Waals surface area contributed by atoms with E-state index in [4.69, 9.17) is 18.0 Å². The van der Waals surface area contributed by atoms with Crippen LogP contribution in [0.15, 0.2) is 53.4 Å². The second-order valence-electron chi connectivity index (χ2n) is 6.75. The van der Waals surface area contributed by atoms with E-state index in [-0.39, 0.29) is 17.3 Å². The Morgan fingerprint density at radius 1 is 1.10 bits per heavy atom. The van der Waals surface area contributed by atoms with Crippen molar-refractivity contribution in [3.8, 4) is 12.3 Å². The first-order chi connectivity index (χ1) is 13.9. The van der Waals surface area contributed by atoms with Crippen LogP contribution in [0.5, 0.6) is 0 Å². The number of hydrogen-bond donors (Lipinski definition) is 1. The number of hydrogen-bond acceptors (Lipinski definition) is 4. The van der Waals surface area contributed by atoms with Gasteiger partial charge in [-0.15, -0.1) is 6.42 Å². The summed E-state index contributed by atoms with van der Waals surface area (Å²) in [5.74, 6) is 2.05. The molecule has 6 nitrogen and oxygen atoms in total. The zero-order valence-electron chi connectivity index (χ0n) is 15.8. The standard InChI is InChI=1S/C21H22ClN3O3S/c1-2-10-23-29(27,28)20-5-3-4-18(15-20)21(26)25-13-11-24(12-14-25)16-17-6-8-19(22)9-7-17/h1,3-9,15,23H,10-14,16H2. The molecule has 29 heavy (non-hydrogen) atoms. The summed E-state index contributed by atoms with van der Waals surface area (Å²) in [5, 5.41) is 0.711. The van der Waals surface area contributed by atoms with Crippen LogP contribution < -0.4 is 4.72 Å². The van der Waals surface area contributed by atoms with Crippen LogP contribution in [-0.4, -0.2) is 56.8 Å². The Labute approximate surface area is 176 Å². The molecule has 1 saturated heterocycles. The molecular weight excluding hydrogens is 410 g/mol. The molecule has 1 aliphatic rings. The topological polar surface area (TPSA) is 69.7 Å². The van der Waals surface area contributed by atoms with E-state index in [1.54, 1.807) is 17.0 Å². The first-order valence-electron chi connectivity index (χ1n) is 9.18. The molecule has 3 rings (SSSR count). The monoisotopic (exact) mass is 431 g/mol. The van der Waals surface area contributed by atoms with Crippen LogP contribution in [0, 0.1) is 12.3 Å². The number of terminal acetylenes is 1. The third-order valence-corrected chi connectivity index (χ3v) is 6.39. The molecule has 0 bridgehead atoms. The minimum Gasteiger partial charge on any atom is -0.336 e. The Hall–Kier alpha value is -2.37. The number of piperazine rings is 1. The number of carbonyl (C=O) groups excluding carboxylic acids is 1. The summed E-state index contributed by atoms with van der Waals surface area (Å²) >= 11 is 5.92. The second kappa shape index (κ2) is 9.42. The van der Waals surface area contributed by atoms with Crippen LogP contribution in [0.2, 0.25) is 5.02 Å². The summed E-state index contributed by atoms with van der Waals surface area (Å²) in [6.07, 6.45) is 5.11. The van der Waals surface area contributed by atoms with E-state index >= 15 is 0 Å². The summed E-state index contributed by atoms with van der Waals surface area (Å²) in [7, 11) is -3.74. The molecule has 1 fully saturated rings. The number of halogens is 1. The first kappa shape index (κ1) is 21.3. The Kier molecular flexibility index (Phi) is 6.93. The first-order valence-corrected chi connectivity index (χ1v) is 11.0. The lowest BCUT2D eigenvalue weighted by Crippen LogP contribution is -2.48. The van der Waals surface area contributed by atoms with Crippen molar-refractivity contribution < 1.29 is 13.2 Å². The van der Waals surface area contributed by atoms with E-state index in [1.165, 1.54) is 17.7 Å². The molecule has 0 atom stereocenters. The molecule has 2 aromatic carbocycles. The van der Waals surface area contributed by atoms with Crippen molar-refractivity contribution in [1.29, 1.82) is 0 Å². The van der Waals surface area contributed by atoms with Gasteiger partial charge in [0.25, 0.3) is 5.91 Å². The van der Waals surface area contributed by atoms with Gasteiger partial charge < -0.3 is 4.90 Å². The molecule has 0 aromatic heterocycles. The van der Waals surface area contributed by atoms with Crippen LogP contribution in [0.4, 0.5) is 0 Å². The van der Waals surface area contributed by atoms with Crippen molar-refractivity contribution >= 4 is 27.5 Å². The molecule has 1 heterocycles. The predicted molar refractivity (Wildman–Crippen MR) is 113 cm³/mol. The molecule has 8 heteroatoms. The van der Waals surface area contributed by atoms with Gasteiger partial charge in [0.15, 0.2) is 0 Å². The van der Waals surface area contributed by atoms with Gasteiger partial charge in [0.05, 0.1) is 11.4 Å². The normalized spacial score (nSPS) is 15.1. The number of sulfonamides is 1. The van der Waals surface area contributed by atoms with Crippen LogP contribution in [0.25, 0.3) is 0 Å². The smallest absolute Gasteiger partial charge is 0.253 e. The van der Waals surface area contributed by atoms with Crippen molar-refractivity contribution in [2.24, 2.45) is 0 Å². The second-order valence-corrected chi connectivity index (χ2v) is 8.95. The zero-order valence-corrected chi connectivity index (χ0v) is 17.4. The lowest BCUT2D eigenvalue weighted by atomic mass is 10.1. The van der Waals surface area contributed by atoms with Gasteiger partial charge in [-0.05, 0) is 35.9 Å². The largest absolute Gasteiger partial charge is 0.336 e. The maximum atomic E-state index is 12.8. The van der Waals surface area contributed by atoms with Crippen molar-refractivity contribution in [2.45, 2.75) is 11.4 Å². The summed E-state index contributed by atoms with van der Waals surface area (Å²) in [5.41, 5.74) is 1.52. The molecule has 2 aromatic rings. The quantitative estimate of drug-likeness (QED) is 0.712. The molecule has 0 radical (unpaired) electrons. The molecule has 0 spiro atoms. The number of nitrogens with one attached hydrogen (secondary N) is 1. The fraction of sp³-hybridized carbons (Fsp3) is 0.286. The summed E-state index contributed by atoms with van der Waals surface area (Å²) in [6.45, 7) is 3.35. The van der Waals surface area contributed by atoms with Gasteiger partial charge in [-0.25, -0.2) is 8.42 Å². The summed E-state index contributed by atoms with van der Waals surface area (Å²) in [4.78, 5) is 16.9. The lowest BCUT2D eigenvalue weighted by Gasteiger charge is -2.34. The fourth-order valence-electron chi connectivity index (χ4n) is 3.16. The number of amides is 1. The molecule has 0 saturated carbocycles. The highest BCUT2D eigenvalue weighted by Gasteiger charge is 2.23. The third-order valence-electron chi connectivity index (χ3n) is 4.73. The fourth-order valence-corrected chi connectivity index (χ4v) is 4.26. The summed E-state index contributed by atoms with van der Waals surface area (Å²) < 4.78 is 26.8. The zero-order chi connectivity index (χ0) is 20.9. The minimum absolute atomic E-state index is 0.0278. The van der Waals surface area contributed by atoms with E-state index < -0.39 is 10.0 Å². The average Bonchev–Trinajstić information content (AvgIpc) is 2.74. The SMILES string of the molecule is C#CCNS(=O)(=O)c1cccc(C(=O)N2CCN(Cc3ccc(Cl)cc3)CC2)c1. The van der Waals surface area contributed by atoms with Gasteiger partial charge >= 0.3 is 0 Å². The van der Waals surface area contributed by atoms with Gasteiger partial charge in [0.1, 0.15) is 0 Å². The molecule has 0 aliphatic carbocycles. The molecule has 0 unspecified atom stereocenters. The number of rotatable bonds is 6. The van der Waals surface area contributed by atoms with Crippen LogP contribution >= 0.6 is 11.6 Å². The number of carbonyl (C=O) groups is 1. The molecular formula is C21H22ClN3O3S. The Bertz CT molecular complexity index is 1010. The highest BCUT2D eigenvalue weighted by molar-refractivity contribution is 7.89. The molecule has 1 N–H and O–H groups in total. The maximum Gasteiger partial charge on any atom is 0.253 e. The Morgan fingerprint density at radius 3 is 2.45 bits per heavy atom. The average molecular weight is 432 g/mol. The third kappa shape index (κ3) is 5.58. The molecule has 1 amide bonds. The highest BCUT2D eigenvalue weighted by atomic mass is 35.5. The van der Waals surface area contributed by atoms with Crippen LogP contribution in [0.3, 0.4) is 0 Å². The van der Waals surface area contributed by atoms with E-state index in [2.05, 4.69) is 15.5 Å². The lowest BCUT2D eigenvalue weighted by molar-refractivity contribution is 0.0628. The van der Waals surface area contributed by atoms with Crippen molar-refractivity contribution in [2.75, 3.05) is 32.7 Å². The van der Waals surface area contributed by atoms with Crippen LogP contribution in [0.1, 0.15) is 15.9 Å². The van der Waals surface area contributed by atoms with E-state index in [0.717, 1.165) is 19.6 Å². The van der Waals surface area contributed by atoms with Gasteiger partial charge in [0, 0.05) is 43.3 Å². The Morgan fingerprint density at radius 2 is 1.79 bits per heavy atom. The van der Waals surface area contributed by atoms with E-state index in [9.17, 15) is 13.2 Å². The molecule has 152 valence electrons. The van der Waals surface area contributed by atoms with Crippen molar-refractivity contribution in [3.63, 3.8) is 0 Å². The van der Waals surface area contributed by atoms with E-state index in [0.29, 0.717) is 23.7 Å². The van der Waals surface area contributed by atoms with Gasteiger partial charge in [-0.2, -0.15) is 4.72 Å². The Balaban J connectivity index is 1.61. The highest BCUT2D eigenvalue weighted by Crippen LogP contribution is 2.16. The predicted octanol–water partition coefficient (Wildman–Crippen LogP) is 2.21. The van der Waals surface area contributed by atoms with E-state index in [1.807, 2.05) is 24.3 Å². The van der Waals surface area contributed by atoms with Gasteiger partial charge in [0.2, 0.25) is 10.0 Å². The van der Waals surface area contributed by atoms with Gasteiger partial charge in [-0.1, -0.05) is 35.7 Å². The van der Waals surface area contributed by atoms with Crippen molar-refractivity contribution in [1.82, 2.24) is 14.5 Å². The maximum absolute atomic E-state index is 12.8. The minimum atomic E-state index is -3.74. The number of benzene rings is 2. The number of nitrogens with zero attached hydrogens (tertiary/aromatic N) is 2. The van der Waals surface area contributed by atoms with Crippen molar-refractivity contribution in [3.05, 3.63) is 64.7 Å². The summed E-state index contributed by atoms with van der Waals surface area (Å²) in [6, 6.07) is 13.8. The molecule has 1 aliphatic heterocycles. The van der Waals surface area contributed by atoms with Crippen LogP contribution in [-0.2, 0) is 16.6 Å².